The molecule has 0 spiro atoms. The molecule has 23 heavy (non-hydrogen) atoms. The molecule has 0 aromatic carbocycles. The van der Waals surface area contributed by atoms with Gasteiger partial charge in [0, 0.05) is 32.2 Å². The van der Waals surface area contributed by atoms with Crippen LogP contribution in [0.4, 0.5) is 0 Å². The molecule has 0 saturated carbocycles. The summed E-state index contributed by atoms with van der Waals surface area (Å²) in [4.78, 5) is 33.8. The summed E-state index contributed by atoms with van der Waals surface area (Å²) in [6, 6.07) is -0.372. The number of rotatable bonds is 3. The maximum Gasteiger partial charge on any atom is 0.303 e. The van der Waals surface area contributed by atoms with Crippen LogP contribution in [0.25, 0.3) is 11.0 Å². The minimum absolute atomic E-state index is 0.305. The van der Waals surface area contributed by atoms with E-state index in [1.54, 1.807) is 6.20 Å². The third-order valence-corrected chi connectivity index (χ3v) is 3.92. The quantitative estimate of drug-likeness (QED) is 0.638. The lowest BCUT2D eigenvalue weighted by atomic mass is 10.0. The maximum atomic E-state index is 11.4. The van der Waals surface area contributed by atoms with E-state index in [0.717, 1.165) is 5.56 Å². The fraction of sp³-hybridized carbons (Fsp3) is 0.429. The van der Waals surface area contributed by atoms with E-state index in [4.69, 9.17) is 21.1 Å². The summed E-state index contributed by atoms with van der Waals surface area (Å²) >= 11 is 6.04. The lowest BCUT2D eigenvalue weighted by Gasteiger charge is -2.23. The van der Waals surface area contributed by atoms with Crippen LogP contribution in [0.5, 0.6) is 0 Å². The number of ether oxygens (including phenoxy) is 2. The molecule has 0 bridgehead atoms. The molecule has 1 fully saturated rings. The van der Waals surface area contributed by atoms with E-state index in [9.17, 15) is 9.59 Å². The van der Waals surface area contributed by atoms with Gasteiger partial charge in [-0.2, -0.15) is 0 Å². The van der Waals surface area contributed by atoms with Gasteiger partial charge in [0.1, 0.15) is 11.8 Å². The molecule has 122 valence electrons. The molecule has 8 nitrogen and oxygen atoms in total. The van der Waals surface area contributed by atoms with Gasteiger partial charge in [-0.1, -0.05) is 11.6 Å². The van der Waals surface area contributed by atoms with Crippen LogP contribution in [-0.4, -0.2) is 45.6 Å². The number of H-pyrrole nitrogens is 1. The molecule has 1 saturated heterocycles. The molecule has 1 aliphatic heterocycles. The number of halogens is 1. The number of hydrogen-bond acceptors (Lipinski definition) is 7. The van der Waals surface area contributed by atoms with E-state index in [2.05, 4.69) is 20.3 Å². The summed E-state index contributed by atoms with van der Waals surface area (Å²) in [5.74, 6) is -0.882. The van der Waals surface area contributed by atoms with Crippen LogP contribution >= 0.6 is 11.6 Å². The molecule has 3 unspecified atom stereocenters. The van der Waals surface area contributed by atoms with Crippen LogP contribution in [-0.2, 0) is 19.1 Å². The average molecular weight is 339 g/mol. The Kier molecular flexibility index (Phi) is 4.18. The van der Waals surface area contributed by atoms with Gasteiger partial charge in [-0.3, -0.25) is 9.59 Å². The van der Waals surface area contributed by atoms with Crippen molar-refractivity contribution in [1.29, 1.82) is 0 Å². The van der Waals surface area contributed by atoms with E-state index >= 15 is 0 Å². The molecule has 3 heterocycles. The van der Waals surface area contributed by atoms with Gasteiger partial charge in [-0.05, 0) is 0 Å². The highest BCUT2D eigenvalue weighted by Gasteiger charge is 2.42. The van der Waals surface area contributed by atoms with Crippen LogP contribution in [0.1, 0.15) is 25.5 Å². The normalized spacial score (nSPS) is 23.9. The molecular formula is C14H15ClN4O4. The molecule has 0 amide bonds. The van der Waals surface area contributed by atoms with E-state index in [-0.39, 0.29) is 6.04 Å². The van der Waals surface area contributed by atoms with Crippen molar-refractivity contribution in [3.63, 3.8) is 0 Å². The van der Waals surface area contributed by atoms with Gasteiger partial charge in [-0.15, -0.1) is 0 Å². The smallest absolute Gasteiger partial charge is 0.303 e. The Hall–Kier alpha value is -2.19. The second-order valence-electron chi connectivity index (χ2n) is 5.24. The highest BCUT2D eigenvalue weighted by molar-refractivity contribution is 6.33. The van der Waals surface area contributed by atoms with Gasteiger partial charge in [0.05, 0.1) is 11.6 Å². The Bertz CT molecular complexity index is 762. The van der Waals surface area contributed by atoms with Gasteiger partial charge in [-0.25, -0.2) is 9.97 Å². The number of carbonyl (C=O) groups excluding carboxylic acids is 2. The van der Waals surface area contributed by atoms with Crippen molar-refractivity contribution >= 4 is 34.6 Å². The predicted molar refractivity (Wildman–Crippen MR) is 80.8 cm³/mol. The molecule has 2 aromatic rings. The van der Waals surface area contributed by atoms with E-state index < -0.39 is 24.1 Å². The summed E-state index contributed by atoms with van der Waals surface area (Å²) < 4.78 is 10.6. The van der Waals surface area contributed by atoms with Crippen molar-refractivity contribution in [3.05, 3.63) is 23.2 Å². The maximum absolute atomic E-state index is 11.4. The minimum Gasteiger partial charge on any atom is -0.457 e. The van der Waals surface area contributed by atoms with Crippen LogP contribution in [0.3, 0.4) is 0 Å². The first-order valence-electron chi connectivity index (χ1n) is 7.02. The van der Waals surface area contributed by atoms with Crippen LogP contribution in [0.15, 0.2) is 12.5 Å². The molecule has 2 N–H and O–H groups in total. The molecule has 9 heteroatoms. The first-order valence-corrected chi connectivity index (χ1v) is 7.40. The van der Waals surface area contributed by atoms with Crippen molar-refractivity contribution in [2.45, 2.75) is 32.1 Å². The largest absolute Gasteiger partial charge is 0.457 e. The Morgan fingerprint density at radius 2 is 2.00 bits per heavy atom. The molecule has 2 aromatic heterocycles. The average Bonchev–Trinajstić information content (AvgIpc) is 3.04. The lowest BCUT2D eigenvalue weighted by molar-refractivity contribution is -0.162. The Balaban J connectivity index is 1.97. The van der Waals surface area contributed by atoms with Crippen molar-refractivity contribution in [2.75, 3.05) is 6.54 Å². The number of nitrogens with zero attached hydrogens (tertiary/aromatic N) is 2. The summed E-state index contributed by atoms with van der Waals surface area (Å²) in [6.07, 6.45) is 1.88. The van der Waals surface area contributed by atoms with E-state index in [1.165, 1.54) is 20.2 Å². The zero-order valence-corrected chi connectivity index (χ0v) is 13.3. The van der Waals surface area contributed by atoms with Crippen molar-refractivity contribution in [3.8, 4) is 0 Å². The Labute approximate surface area is 136 Å². The van der Waals surface area contributed by atoms with Gasteiger partial charge >= 0.3 is 11.9 Å². The molecular weight excluding hydrogens is 324 g/mol. The SMILES string of the molecule is CC(=O)OC1CNC(c2c[nH]c3c(Cl)ncnc23)C1OC(C)=O. The number of carbonyl (C=O) groups is 2. The molecule has 1 aliphatic rings. The fourth-order valence-electron chi connectivity index (χ4n) is 2.80. The number of aromatic amines is 1. The summed E-state index contributed by atoms with van der Waals surface area (Å²) in [5, 5.41) is 3.51. The molecule has 3 rings (SSSR count). The van der Waals surface area contributed by atoms with Crippen LogP contribution in [0.2, 0.25) is 5.15 Å². The van der Waals surface area contributed by atoms with Gasteiger partial charge in [0.15, 0.2) is 17.4 Å². The topological polar surface area (TPSA) is 106 Å². The second kappa shape index (κ2) is 6.13. The van der Waals surface area contributed by atoms with Crippen molar-refractivity contribution in [2.24, 2.45) is 0 Å². The van der Waals surface area contributed by atoms with E-state index in [0.29, 0.717) is 22.7 Å². The number of nitrogens with one attached hydrogen (secondary N) is 2. The zero-order valence-electron chi connectivity index (χ0n) is 12.5. The van der Waals surface area contributed by atoms with E-state index in [1.807, 2.05) is 0 Å². The summed E-state index contributed by atoms with van der Waals surface area (Å²) in [7, 11) is 0. The monoisotopic (exact) mass is 338 g/mol. The lowest BCUT2D eigenvalue weighted by Crippen LogP contribution is -2.34. The highest BCUT2D eigenvalue weighted by atomic mass is 35.5. The third kappa shape index (κ3) is 2.99. The Morgan fingerprint density at radius 1 is 1.26 bits per heavy atom. The zero-order chi connectivity index (χ0) is 16.6. The Morgan fingerprint density at radius 3 is 2.70 bits per heavy atom. The van der Waals surface area contributed by atoms with Crippen molar-refractivity contribution < 1.29 is 19.1 Å². The van der Waals surface area contributed by atoms with Crippen LogP contribution < -0.4 is 5.32 Å². The van der Waals surface area contributed by atoms with Gasteiger partial charge in [0.25, 0.3) is 0 Å². The molecule has 0 aliphatic carbocycles. The fourth-order valence-corrected chi connectivity index (χ4v) is 2.99. The van der Waals surface area contributed by atoms with Crippen LogP contribution in [0, 0.1) is 0 Å². The summed E-state index contributed by atoms with van der Waals surface area (Å²) in [6.45, 7) is 3.00. The second-order valence-corrected chi connectivity index (χ2v) is 5.60. The van der Waals surface area contributed by atoms with Crippen molar-refractivity contribution in [1.82, 2.24) is 20.3 Å². The molecule has 0 radical (unpaired) electrons. The number of aromatic nitrogens is 3. The third-order valence-electron chi connectivity index (χ3n) is 3.63. The van der Waals surface area contributed by atoms with Gasteiger partial charge in [0.2, 0.25) is 0 Å². The predicted octanol–water partition coefficient (Wildman–Crippen LogP) is 1.12. The highest BCUT2D eigenvalue weighted by Crippen LogP contribution is 2.33. The first kappa shape index (κ1) is 15.7. The minimum atomic E-state index is -0.649. The molecule has 3 atom stereocenters. The number of hydrogen-bond donors (Lipinski definition) is 2. The first-order chi connectivity index (χ1) is 11.0. The standard InChI is InChI=1S/C14H15ClN4O4/c1-6(20)22-9-4-17-11(13(9)23-7(2)21)8-3-16-12-10(8)18-5-19-14(12)15/h3,5,9,11,13,16-17H,4H2,1-2H3. The number of fused-ring (bicyclic) bond motifs is 1. The number of esters is 2. The summed E-state index contributed by atoms with van der Waals surface area (Å²) in [5.41, 5.74) is 2.00. The van der Waals surface area contributed by atoms with Gasteiger partial charge < -0.3 is 19.8 Å².